The average molecular weight is 411 g/mol. The van der Waals surface area contributed by atoms with Crippen molar-refractivity contribution in [1.29, 1.82) is 0 Å². The molecule has 1 aromatic rings. The van der Waals surface area contributed by atoms with E-state index in [0.29, 0.717) is 0 Å². The maximum absolute atomic E-state index is 13.1. The fourth-order valence-electron chi connectivity index (χ4n) is 2.94. The zero-order valence-electron chi connectivity index (χ0n) is 13.5. The van der Waals surface area contributed by atoms with Crippen LogP contribution in [0, 0.1) is 0 Å². The Kier molecular flexibility index (Phi) is 5.50. The van der Waals surface area contributed by atoms with Crippen LogP contribution in [-0.4, -0.2) is 62.4 Å². The molecular weight excluding hydrogens is 392 g/mol. The molecule has 0 unspecified atom stereocenters. The van der Waals surface area contributed by atoms with Gasteiger partial charge in [-0.2, -0.15) is 4.31 Å². The average Bonchev–Trinajstić information content (AvgIpc) is 2.78. The number of nitrogens with two attached hydrogens (primary N) is 1. The van der Waals surface area contributed by atoms with Gasteiger partial charge in [-0.05, 0) is 31.5 Å². The number of aromatic carboxylic acids is 1. The Hall–Kier alpha value is -1.20. The van der Waals surface area contributed by atoms with Crippen molar-refractivity contribution < 1.29 is 26.7 Å². The zero-order valence-corrected chi connectivity index (χ0v) is 15.9. The summed E-state index contributed by atoms with van der Waals surface area (Å²) in [5, 5.41) is 8.95. The molecule has 1 heterocycles. The van der Waals surface area contributed by atoms with Crippen LogP contribution in [0.5, 0.6) is 0 Å². The van der Waals surface area contributed by atoms with E-state index in [9.17, 15) is 21.6 Å². The number of hydrogen-bond acceptors (Lipinski definition) is 6. The van der Waals surface area contributed by atoms with Gasteiger partial charge in [0.05, 0.1) is 22.1 Å². The van der Waals surface area contributed by atoms with Gasteiger partial charge >= 0.3 is 5.97 Å². The first kappa shape index (κ1) is 20.1. The lowest BCUT2D eigenvalue weighted by molar-refractivity contribution is 0.0696. The van der Waals surface area contributed by atoms with Gasteiger partial charge in [0.25, 0.3) is 0 Å². The van der Waals surface area contributed by atoms with Crippen molar-refractivity contribution in [2.45, 2.75) is 23.8 Å². The summed E-state index contributed by atoms with van der Waals surface area (Å²) in [5.41, 5.74) is 4.13. The standard InChI is InChI=1S/C14H19ClN2O6S2/c1-14(4-7-24(20,21)9-14)17(6-5-16)25(22,23)12-8-10(13(18)19)2-3-11(12)15/h2-3,8H,4-7,9,16H2,1H3,(H,18,19)/t14-/m0/s1. The summed E-state index contributed by atoms with van der Waals surface area (Å²) < 4.78 is 51.0. The van der Waals surface area contributed by atoms with Crippen molar-refractivity contribution in [3.05, 3.63) is 28.8 Å². The molecule has 140 valence electrons. The molecule has 25 heavy (non-hydrogen) atoms. The lowest BCUT2D eigenvalue weighted by atomic mass is 10.0. The molecule has 2 rings (SSSR count). The number of sulfonamides is 1. The largest absolute Gasteiger partial charge is 0.478 e. The normalized spacial score (nSPS) is 23.0. The predicted molar refractivity (Wildman–Crippen MR) is 93.0 cm³/mol. The van der Waals surface area contributed by atoms with Crippen LogP contribution in [0.4, 0.5) is 0 Å². The topological polar surface area (TPSA) is 135 Å². The number of carbonyl (C=O) groups is 1. The monoisotopic (exact) mass is 410 g/mol. The first-order valence-electron chi connectivity index (χ1n) is 7.39. The van der Waals surface area contributed by atoms with E-state index in [-0.39, 0.29) is 46.5 Å². The number of carboxylic acids is 1. The van der Waals surface area contributed by atoms with Gasteiger partial charge in [-0.15, -0.1) is 0 Å². The van der Waals surface area contributed by atoms with E-state index in [0.717, 1.165) is 10.4 Å². The summed E-state index contributed by atoms with van der Waals surface area (Å²) >= 11 is 5.99. The molecule has 11 heteroatoms. The van der Waals surface area contributed by atoms with E-state index < -0.39 is 31.4 Å². The number of benzene rings is 1. The van der Waals surface area contributed by atoms with E-state index in [1.54, 1.807) is 6.92 Å². The maximum atomic E-state index is 13.1. The van der Waals surface area contributed by atoms with Crippen molar-refractivity contribution in [3.63, 3.8) is 0 Å². The van der Waals surface area contributed by atoms with Crippen LogP contribution in [0.15, 0.2) is 23.1 Å². The van der Waals surface area contributed by atoms with Gasteiger partial charge in [0, 0.05) is 18.6 Å². The highest BCUT2D eigenvalue weighted by molar-refractivity contribution is 7.92. The van der Waals surface area contributed by atoms with Crippen LogP contribution in [0.25, 0.3) is 0 Å². The molecule has 1 aromatic carbocycles. The fourth-order valence-corrected chi connectivity index (χ4v) is 7.48. The molecule has 0 spiro atoms. The molecule has 1 saturated heterocycles. The summed E-state index contributed by atoms with van der Waals surface area (Å²) in [6, 6.07) is 3.35. The van der Waals surface area contributed by atoms with E-state index in [1.165, 1.54) is 12.1 Å². The predicted octanol–water partition coefficient (Wildman–Crippen LogP) is 0.565. The molecule has 0 saturated carbocycles. The van der Waals surface area contributed by atoms with E-state index in [1.807, 2.05) is 0 Å². The molecule has 0 amide bonds. The highest BCUT2D eigenvalue weighted by Crippen LogP contribution is 2.35. The second kappa shape index (κ2) is 6.84. The quantitative estimate of drug-likeness (QED) is 0.699. The van der Waals surface area contributed by atoms with Gasteiger partial charge in [0.15, 0.2) is 9.84 Å². The summed E-state index contributed by atoms with van der Waals surface area (Å²) in [5.74, 6) is -1.74. The van der Waals surface area contributed by atoms with Crippen molar-refractivity contribution >= 4 is 37.4 Å². The summed E-state index contributed by atoms with van der Waals surface area (Å²) in [4.78, 5) is 10.8. The molecule has 8 nitrogen and oxygen atoms in total. The minimum atomic E-state index is -4.25. The van der Waals surface area contributed by atoms with Crippen LogP contribution in [0.2, 0.25) is 5.02 Å². The molecular formula is C14H19ClN2O6S2. The highest BCUT2D eigenvalue weighted by Gasteiger charge is 2.48. The number of rotatable bonds is 6. The van der Waals surface area contributed by atoms with Crippen LogP contribution < -0.4 is 5.73 Å². The number of nitrogens with zero attached hydrogens (tertiary/aromatic N) is 1. The fraction of sp³-hybridized carbons (Fsp3) is 0.500. The maximum Gasteiger partial charge on any atom is 0.335 e. The van der Waals surface area contributed by atoms with Crippen molar-refractivity contribution in [2.24, 2.45) is 5.73 Å². The van der Waals surface area contributed by atoms with Crippen LogP contribution in [-0.2, 0) is 19.9 Å². The van der Waals surface area contributed by atoms with Crippen molar-refractivity contribution in [2.75, 3.05) is 24.6 Å². The Morgan fingerprint density at radius 1 is 1.44 bits per heavy atom. The number of sulfone groups is 1. The Morgan fingerprint density at radius 2 is 2.08 bits per heavy atom. The molecule has 0 aromatic heterocycles. The molecule has 3 N–H and O–H groups in total. The third kappa shape index (κ3) is 3.98. The lowest BCUT2D eigenvalue weighted by Crippen LogP contribution is -2.52. The van der Waals surface area contributed by atoms with E-state index in [4.69, 9.17) is 22.4 Å². The second-order valence-corrected chi connectivity index (χ2v) is 10.6. The van der Waals surface area contributed by atoms with E-state index >= 15 is 0 Å². The van der Waals surface area contributed by atoms with Crippen molar-refractivity contribution in [3.8, 4) is 0 Å². The van der Waals surface area contributed by atoms with Crippen LogP contribution >= 0.6 is 11.6 Å². The SMILES string of the molecule is C[C@]1(N(CCN)S(=O)(=O)c2cc(C(=O)O)ccc2Cl)CCS(=O)(=O)C1. The van der Waals surface area contributed by atoms with Crippen LogP contribution in [0.1, 0.15) is 23.7 Å². The number of hydrogen-bond donors (Lipinski definition) is 2. The second-order valence-electron chi connectivity index (χ2n) is 6.16. The third-order valence-electron chi connectivity index (χ3n) is 4.16. The first-order valence-corrected chi connectivity index (χ1v) is 11.0. The van der Waals surface area contributed by atoms with Gasteiger partial charge in [-0.3, -0.25) is 0 Å². The third-order valence-corrected chi connectivity index (χ3v) is 8.59. The molecule has 1 aliphatic heterocycles. The van der Waals surface area contributed by atoms with E-state index in [2.05, 4.69) is 0 Å². The molecule has 1 atom stereocenters. The Labute approximate surface area is 151 Å². The Morgan fingerprint density at radius 3 is 2.56 bits per heavy atom. The molecule has 1 aliphatic rings. The summed E-state index contributed by atoms with van der Waals surface area (Å²) in [6.45, 7) is 1.41. The summed E-state index contributed by atoms with van der Waals surface area (Å²) in [7, 11) is -7.61. The number of carboxylic acid groups (broad SMARTS) is 1. The van der Waals surface area contributed by atoms with Gasteiger partial charge in [0.1, 0.15) is 4.90 Å². The molecule has 1 fully saturated rings. The smallest absolute Gasteiger partial charge is 0.335 e. The molecule has 0 aliphatic carbocycles. The number of halogens is 1. The minimum absolute atomic E-state index is 0.0227. The first-order chi connectivity index (χ1) is 11.4. The van der Waals surface area contributed by atoms with Gasteiger partial charge in [-0.25, -0.2) is 21.6 Å². The van der Waals surface area contributed by atoms with Crippen LogP contribution in [0.3, 0.4) is 0 Å². The summed E-state index contributed by atoms with van der Waals surface area (Å²) in [6.07, 6.45) is 0.130. The zero-order chi connectivity index (χ0) is 19.0. The highest BCUT2D eigenvalue weighted by atomic mass is 35.5. The van der Waals surface area contributed by atoms with Crippen molar-refractivity contribution in [1.82, 2.24) is 4.31 Å². The Balaban J connectivity index is 2.58. The van der Waals surface area contributed by atoms with Gasteiger partial charge in [-0.1, -0.05) is 11.6 Å². The molecule has 0 bridgehead atoms. The minimum Gasteiger partial charge on any atom is -0.478 e. The Bertz CT molecular complexity index is 900. The van der Waals surface area contributed by atoms with Gasteiger partial charge in [0.2, 0.25) is 10.0 Å². The lowest BCUT2D eigenvalue weighted by Gasteiger charge is -2.36. The molecule has 0 radical (unpaired) electrons. The van der Waals surface area contributed by atoms with Gasteiger partial charge < -0.3 is 10.8 Å².